The lowest BCUT2D eigenvalue weighted by atomic mass is 10.1. The van der Waals surface area contributed by atoms with Crippen molar-refractivity contribution in [1.29, 1.82) is 0 Å². The van der Waals surface area contributed by atoms with Gasteiger partial charge in [-0.2, -0.15) is 0 Å². The molecule has 11 heteroatoms. The van der Waals surface area contributed by atoms with Gasteiger partial charge < -0.3 is 33.7 Å². The second kappa shape index (κ2) is 13.7. The zero-order valence-corrected chi connectivity index (χ0v) is 25.6. The fourth-order valence-corrected chi connectivity index (χ4v) is 4.96. The first-order valence-electron chi connectivity index (χ1n) is 14.3. The number of rotatable bonds is 11. The van der Waals surface area contributed by atoms with Crippen LogP contribution in [0.1, 0.15) is 31.4 Å². The highest BCUT2D eigenvalue weighted by Crippen LogP contribution is 2.33. The largest absolute Gasteiger partial charge is 0.497 e. The molecule has 1 aliphatic heterocycles. The van der Waals surface area contributed by atoms with Crippen LogP contribution < -0.4 is 25.0 Å². The summed E-state index contributed by atoms with van der Waals surface area (Å²) in [6, 6.07) is 16.8. The van der Waals surface area contributed by atoms with Crippen LogP contribution in [0.25, 0.3) is 11.0 Å². The third kappa shape index (κ3) is 7.44. The zero-order valence-electron chi connectivity index (χ0n) is 24.8. The van der Waals surface area contributed by atoms with Gasteiger partial charge in [0.2, 0.25) is 12.7 Å². The van der Waals surface area contributed by atoms with Gasteiger partial charge in [0.25, 0.3) is 0 Å². The number of amides is 3. The molecule has 1 N–H and O–H groups in total. The Morgan fingerprint density at radius 3 is 2.61 bits per heavy atom. The molecule has 0 unspecified atom stereocenters. The number of carbonyl (C=O) groups is 2. The number of anilines is 1. The van der Waals surface area contributed by atoms with E-state index in [2.05, 4.69) is 19.2 Å². The summed E-state index contributed by atoms with van der Waals surface area (Å²) in [5.74, 6) is 1.74. The Morgan fingerprint density at radius 2 is 1.82 bits per heavy atom. The molecule has 230 valence electrons. The lowest BCUT2D eigenvalue weighted by Crippen LogP contribution is -2.45. The summed E-state index contributed by atoms with van der Waals surface area (Å²) >= 11 is 6.15. The average Bonchev–Trinajstić information content (AvgIpc) is 3.48. The van der Waals surface area contributed by atoms with E-state index in [1.165, 1.54) is 16.1 Å². The van der Waals surface area contributed by atoms with Crippen molar-refractivity contribution in [1.82, 2.24) is 9.80 Å². The predicted octanol–water partition coefficient (Wildman–Crippen LogP) is 6.29. The average molecular weight is 620 g/mol. The second-order valence-corrected chi connectivity index (χ2v) is 11.4. The highest BCUT2D eigenvalue weighted by atomic mass is 35.5. The van der Waals surface area contributed by atoms with E-state index in [0.29, 0.717) is 57.8 Å². The van der Waals surface area contributed by atoms with E-state index in [9.17, 15) is 14.4 Å². The Bertz CT molecular complexity index is 1720. The minimum absolute atomic E-state index is 0.0480. The highest BCUT2D eigenvalue weighted by Gasteiger charge is 2.24. The number of halogens is 1. The number of carbonyl (C=O) groups excluding carboxylic acids is 2. The Hall–Kier alpha value is -4.70. The molecule has 0 saturated carbocycles. The summed E-state index contributed by atoms with van der Waals surface area (Å²) in [6.45, 7) is 4.47. The van der Waals surface area contributed by atoms with Gasteiger partial charge in [-0.15, -0.1) is 0 Å². The fraction of sp³-hybridized carbons (Fsp3) is 0.303. The van der Waals surface area contributed by atoms with E-state index in [-0.39, 0.29) is 43.3 Å². The Labute approximate surface area is 260 Å². The maximum atomic E-state index is 14.0. The molecule has 0 spiro atoms. The summed E-state index contributed by atoms with van der Waals surface area (Å²) < 4.78 is 22.0. The molecular weight excluding hydrogens is 586 g/mol. The summed E-state index contributed by atoms with van der Waals surface area (Å²) in [6.07, 6.45) is 2.06. The molecule has 3 amide bonds. The van der Waals surface area contributed by atoms with E-state index < -0.39 is 6.03 Å². The van der Waals surface area contributed by atoms with E-state index >= 15 is 0 Å². The molecule has 0 saturated heterocycles. The van der Waals surface area contributed by atoms with Crippen LogP contribution in [0.2, 0.25) is 5.02 Å². The van der Waals surface area contributed by atoms with Gasteiger partial charge in [0.05, 0.1) is 30.9 Å². The molecule has 2 heterocycles. The number of hydrogen-bond donors (Lipinski definition) is 1. The summed E-state index contributed by atoms with van der Waals surface area (Å²) in [5.41, 5.74) is 1.70. The fourth-order valence-electron chi connectivity index (χ4n) is 4.78. The summed E-state index contributed by atoms with van der Waals surface area (Å²) in [4.78, 5) is 43.9. The van der Waals surface area contributed by atoms with Gasteiger partial charge in [0.15, 0.2) is 16.9 Å². The van der Waals surface area contributed by atoms with Crippen molar-refractivity contribution in [2.75, 3.05) is 32.3 Å². The van der Waals surface area contributed by atoms with Crippen molar-refractivity contribution >= 4 is 40.2 Å². The Morgan fingerprint density at radius 1 is 1.00 bits per heavy atom. The van der Waals surface area contributed by atoms with Crippen molar-refractivity contribution in [2.24, 2.45) is 5.92 Å². The predicted molar refractivity (Wildman–Crippen MR) is 167 cm³/mol. The smallest absolute Gasteiger partial charge is 0.322 e. The van der Waals surface area contributed by atoms with Gasteiger partial charge >= 0.3 is 6.03 Å². The topological polar surface area (TPSA) is 111 Å². The quantitative estimate of drug-likeness (QED) is 0.210. The number of hydrogen-bond acceptors (Lipinski definition) is 7. The lowest BCUT2D eigenvalue weighted by Gasteiger charge is -2.28. The molecule has 10 nitrogen and oxygen atoms in total. The molecule has 44 heavy (non-hydrogen) atoms. The van der Waals surface area contributed by atoms with E-state index in [1.807, 2.05) is 6.07 Å². The van der Waals surface area contributed by atoms with Crippen LogP contribution in [-0.2, 0) is 17.9 Å². The maximum absolute atomic E-state index is 14.0. The SMILES string of the molecule is COc1cccc(NC(=O)N(CCC(C)C)CC(=O)N(Cc2ccc3c(c2)OCO3)Cc2coc3ccc(Cl)cc3c2=O)c1. The molecule has 0 bridgehead atoms. The van der Waals surface area contributed by atoms with Crippen LogP contribution in [0.4, 0.5) is 10.5 Å². The maximum Gasteiger partial charge on any atom is 0.322 e. The van der Waals surface area contributed by atoms with Crippen molar-refractivity contribution < 1.29 is 28.2 Å². The van der Waals surface area contributed by atoms with Crippen molar-refractivity contribution in [3.8, 4) is 17.2 Å². The second-order valence-electron chi connectivity index (χ2n) is 10.9. The first kappa shape index (κ1) is 30.7. The molecular formula is C33H34ClN3O7. The first-order chi connectivity index (χ1) is 21.2. The van der Waals surface area contributed by atoms with Gasteiger partial charge in [0, 0.05) is 29.9 Å². The molecule has 5 rings (SSSR count). The third-order valence-corrected chi connectivity index (χ3v) is 7.48. The number of ether oxygens (including phenoxy) is 3. The Balaban J connectivity index is 1.42. The molecule has 0 radical (unpaired) electrons. The molecule has 1 aromatic heterocycles. The molecule has 4 aromatic rings. The van der Waals surface area contributed by atoms with Gasteiger partial charge in [-0.05, 0) is 60.4 Å². The third-order valence-electron chi connectivity index (χ3n) is 7.24. The van der Waals surface area contributed by atoms with Crippen molar-refractivity contribution in [3.63, 3.8) is 0 Å². The Kier molecular flexibility index (Phi) is 9.59. The molecule has 0 fully saturated rings. The lowest BCUT2D eigenvalue weighted by molar-refractivity contribution is -0.133. The number of urea groups is 1. The number of benzene rings is 3. The molecule has 3 aromatic carbocycles. The summed E-state index contributed by atoms with van der Waals surface area (Å²) in [5, 5.41) is 3.60. The highest BCUT2D eigenvalue weighted by molar-refractivity contribution is 6.31. The zero-order chi connectivity index (χ0) is 31.2. The number of methoxy groups -OCH3 is 1. The molecule has 1 aliphatic rings. The van der Waals surface area contributed by atoms with Gasteiger partial charge in [-0.25, -0.2) is 4.79 Å². The van der Waals surface area contributed by atoms with Crippen LogP contribution >= 0.6 is 11.6 Å². The first-order valence-corrected chi connectivity index (χ1v) is 14.6. The van der Waals surface area contributed by atoms with Crippen LogP contribution in [0.3, 0.4) is 0 Å². The van der Waals surface area contributed by atoms with Crippen LogP contribution in [-0.4, -0.2) is 48.7 Å². The monoisotopic (exact) mass is 619 g/mol. The molecule has 0 atom stereocenters. The van der Waals surface area contributed by atoms with Gasteiger partial charge in [0.1, 0.15) is 17.9 Å². The normalized spacial score (nSPS) is 11.9. The van der Waals surface area contributed by atoms with Gasteiger partial charge in [-0.1, -0.05) is 37.6 Å². The number of nitrogens with one attached hydrogen (secondary N) is 1. The number of nitrogens with zero attached hydrogens (tertiary/aromatic N) is 2. The van der Waals surface area contributed by atoms with Crippen molar-refractivity contribution in [2.45, 2.75) is 33.4 Å². The van der Waals surface area contributed by atoms with Crippen LogP contribution in [0.5, 0.6) is 17.2 Å². The molecule has 0 aliphatic carbocycles. The van der Waals surface area contributed by atoms with E-state index in [4.69, 9.17) is 30.2 Å². The minimum atomic E-state index is -0.421. The van der Waals surface area contributed by atoms with E-state index in [1.54, 1.807) is 61.7 Å². The summed E-state index contributed by atoms with van der Waals surface area (Å²) in [7, 11) is 1.55. The van der Waals surface area contributed by atoms with E-state index in [0.717, 1.165) is 5.56 Å². The minimum Gasteiger partial charge on any atom is -0.497 e. The van der Waals surface area contributed by atoms with Gasteiger partial charge in [-0.3, -0.25) is 9.59 Å². The van der Waals surface area contributed by atoms with Crippen LogP contribution in [0.15, 0.2) is 76.1 Å². The van der Waals surface area contributed by atoms with Crippen LogP contribution in [0, 0.1) is 5.92 Å². The number of fused-ring (bicyclic) bond motifs is 2. The van der Waals surface area contributed by atoms with Crippen molar-refractivity contribution in [3.05, 3.63) is 93.3 Å². The standard InChI is InChI=1S/C33H34ClN3O7/c1-21(2)11-12-36(33(40)35-25-5-4-6-26(15-25)41-3)18-31(38)37(16-22-7-9-29-30(13-22)44-20-43-29)17-23-19-42-28-10-8-24(34)14-27(28)32(23)39/h4-10,13-15,19,21H,11-12,16-18,20H2,1-3H3,(H,35,40).